The molecule has 0 radical (unpaired) electrons. The standard InChI is InChI=1S/C17H28ClN3/c1-4-20(5-2)16-8-9-21(12-16)15-7-6-14(10-13(3)19)17(18)11-15/h6-7,11,13,16H,4-5,8-10,12,19H2,1-3H3. The highest BCUT2D eigenvalue weighted by Gasteiger charge is 2.26. The third kappa shape index (κ3) is 4.12. The molecule has 0 bridgehead atoms. The monoisotopic (exact) mass is 309 g/mol. The van der Waals surface area contributed by atoms with E-state index in [4.69, 9.17) is 17.3 Å². The van der Waals surface area contributed by atoms with E-state index in [-0.39, 0.29) is 6.04 Å². The first kappa shape index (κ1) is 16.6. The van der Waals surface area contributed by atoms with Crippen molar-refractivity contribution in [2.75, 3.05) is 31.1 Å². The summed E-state index contributed by atoms with van der Waals surface area (Å²) in [5.74, 6) is 0. The van der Waals surface area contributed by atoms with Crippen molar-refractivity contribution in [3.8, 4) is 0 Å². The molecular weight excluding hydrogens is 282 g/mol. The molecule has 0 spiro atoms. The maximum atomic E-state index is 6.41. The van der Waals surface area contributed by atoms with Crippen LogP contribution in [0.4, 0.5) is 5.69 Å². The van der Waals surface area contributed by atoms with Crippen LogP contribution < -0.4 is 10.6 Å². The normalized spacial score (nSPS) is 20.3. The maximum absolute atomic E-state index is 6.41. The predicted octanol–water partition coefficient (Wildman–Crippen LogP) is 3.15. The fourth-order valence-electron chi connectivity index (χ4n) is 3.26. The molecule has 2 N–H and O–H groups in total. The van der Waals surface area contributed by atoms with E-state index in [0.717, 1.165) is 43.2 Å². The summed E-state index contributed by atoms with van der Waals surface area (Å²) in [6, 6.07) is 7.24. The Hall–Kier alpha value is -0.770. The van der Waals surface area contributed by atoms with Crippen LogP contribution in [-0.2, 0) is 6.42 Å². The topological polar surface area (TPSA) is 32.5 Å². The summed E-state index contributed by atoms with van der Waals surface area (Å²) in [6.07, 6.45) is 2.07. The summed E-state index contributed by atoms with van der Waals surface area (Å²) < 4.78 is 0. The van der Waals surface area contributed by atoms with Crippen molar-refractivity contribution in [3.63, 3.8) is 0 Å². The summed E-state index contributed by atoms with van der Waals surface area (Å²) in [5.41, 5.74) is 8.25. The van der Waals surface area contributed by atoms with Gasteiger partial charge in [0, 0.05) is 35.9 Å². The van der Waals surface area contributed by atoms with Crippen molar-refractivity contribution < 1.29 is 0 Å². The van der Waals surface area contributed by atoms with Gasteiger partial charge in [0.15, 0.2) is 0 Å². The number of hydrogen-bond donors (Lipinski definition) is 1. The Bertz CT molecular complexity index is 457. The molecule has 0 amide bonds. The zero-order valence-electron chi connectivity index (χ0n) is 13.5. The van der Waals surface area contributed by atoms with Gasteiger partial charge in [-0.2, -0.15) is 0 Å². The molecule has 118 valence electrons. The molecule has 1 aromatic carbocycles. The first-order valence-electron chi connectivity index (χ1n) is 8.08. The smallest absolute Gasteiger partial charge is 0.0459 e. The quantitative estimate of drug-likeness (QED) is 0.876. The lowest BCUT2D eigenvalue weighted by Crippen LogP contribution is -2.37. The van der Waals surface area contributed by atoms with E-state index in [9.17, 15) is 0 Å². The van der Waals surface area contributed by atoms with Gasteiger partial charge < -0.3 is 10.6 Å². The number of anilines is 1. The van der Waals surface area contributed by atoms with E-state index in [2.05, 4.69) is 41.8 Å². The Kier molecular flexibility index (Phi) is 5.91. The fraction of sp³-hybridized carbons (Fsp3) is 0.647. The number of nitrogens with two attached hydrogens (primary N) is 1. The summed E-state index contributed by atoms with van der Waals surface area (Å²) in [4.78, 5) is 5.00. The van der Waals surface area contributed by atoms with Crippen LogP contribution in [0.2, 0.25) is 5.02 Å². The van der Waals surface area contributed by atoms with Gasteiger partial charge in [-0.1, -0.05) is 31.5 Å². The maximum Gasteiger partial charge on any atom is 0.0459 e. The fourth-order valence-corrected chi connectivity index (χ4v) is 3.51. The summed E-state index contributed by atoms with van der Waals surface area (Å²) >= 11 is 6.41. The lowest BCUT2D eigenvalue weighted by atomic mass is 10.1. The summed E-state index contributed by atoms with van der Waals surface area (Å²) in [7, 11) is 0. The Morgan fingerprint density at radius 2 is 2.10 bits per heavy atom. The average molecular weight is 310 g/mol. The molecule has 1 saturated heterocycles. The number of halogens is 1. The van der Waals surface area contributed by atoms with Crippen LogP contribution >= 0.6 is 11.6 Å². The van der Waals surface area contributed by atoms with E-state index < -0.39 is 0 Å². The van der Waals surface area contributed by atoms with Crippen LogP contribution in [0.5, 0.6) is 0 Å². The molecule has 0 aliphatic carbocycles. The van der Waals surface area contributed by atoms with Crippen LogP contribution in [0.25, 0.3) is 0 Å². The van der Waals surface area contributed by atoms with Gasteiger partial charge in [-0.05, 0) is 50.6 Å². The first-order chi connectivity index (χ1) is 10.0. The molecule has 1 aromatic rings. The number of rotatable bonds is 6. The first-order valence-corrected chi connectivity index (χ1v) is 8.45. The molecule has 2 rings (SSSR count). The molecule has 0 aromatic heterocycles. The number of benzene rings is 1. The number of likely N-dealkylation sites (N-methyl/N-ethyl adjacent to an activating group) is 1. The second-order valence-corrected chi connectivity index (χ2v) is 6.47. The van der Waals surface area contributed by atoms with Crippen molar-refractivity contribution >= 4 is 17.3 Å². The van der Waals surface area contributed by atoms with Crippen molar-refractivity contribution in [3.05, 3.63) is 28.8 Å². The van der Waals surface area contributed by atoms with Gasteiger partial charge in [-0.15, -0.1) is 0 Å². The summed E-state index contributed by atoms with van der Waals surface area (Å²) in [6.45, 7) is 11.0. The van der Waals surface area contributed by atoms with E-state index >= 15 is 0 Å². The minimum absolute atomic E-state index is 0.146. The predicted molar refractivity (Wildman–Crippen MR) is 92.3 cm³/mol. The van der Waals surface area contributed by atoms with Crippen LogP contribution in [0.15, 0.2) is 18.2 Å². The van der Waals surface area contributed by atoms with E-state index in [0.29, 0.717) is 6.04 Å². The van der Waals surface area contributed by atoms with Crippen molar-refractivity contribution in [1.29, 1.82) is 0 Å². The Morgan fingerprint density at radius 3 is 2.67 bits per heavy atom. The van der Waals surface area contributed by atoms with Crippen LogP contribution in [-0.4, -0.2) is 43.2 Å². The van der Waals surface area contributed by atoms with Crippen LogP contribution in [0.1, 0.15) is 32.8 Å². The molecule has 1 aliphatic heterocycles. The second-order valence-electron chi connectivity index (χ2n) is 6.07. The number of nitrogens with zero attached hydrogens (tertiary/aromatic N) is 2. The van der Waals surface area contributed by atoms with Gasteiger partial charge in [0.1, 0.15) is 0 Å². The Labute approximate surface area is 134 Å². The molecule has 4 heteroatoms. The van der Waals surface area contributed by atoms with E-state index in [1.165, 1.54) is 12.1 Å². The van der Waals surface area contributed by atoms with Crippen molar-refractivity contribution in [1.82, 2.24) is 4.90 Å². The largest absolute Gasteiger partial charge is 0.370 e. The molecule has 2 atom stereocenters. The minimum Gasteiger partial charge on any atom is -0.370 e. The Balaban J connectivity index is 2.05. The lowest BCUT2D eigenvalue weighted by molar-refractivity contribution is 0.232. The van der Waals surface area contributed by atoms with Gasteiger partial charge in [-0.3, -0.25) is 4.90 Å². The van der Waals surface area contributed by atoms with Gasteiger partial charge in [0.25, 0.3) is 0 Å². The van der Waals surface area contributed by atoms with E-state index in [1.54, 1.807) is 0 Å². The molecule has 1 aliphatic rings. The molecule has 0 saturated carbocycles. The highest BCUT2D eigenvalue weighted by atomic mass is 35.5. The summed E-state index contributed by atoms with van der Waals surface area (Å²) in [5, 5.41) is 0.844. The SMILES string of the molecule is CCN(CC)C1CCN(c2ccc(CC(C)N)c(Cl)c2)C1. The minimum atomic E-state index is 0.146. The van der Waals surface area contributed by atoms with Crippen molar-refractivity contribution in [2.45, 2.75) is 45.7 Å². The highest BCUT2D eigenvalue weighted by Crippen LogP contribution is 2.28. The molecular formula is C17H28ClN3. The van der Waals surface area contributed by atoms with Gasteiger partial charge in [0.2, 0.25) is 0 Å². The lowest BCUT2D eigenvalue weighted by Gasteiger charge is -2.26. The van der Waals surface area contributed by atoms with Gasteiger partial charge in [-0.25, -0.2) is 0 Å². The van der Waals surface area contributed by atoms with Gasteiger partial charge >= 0.3 is 0 Å². The second kappa shape index (κ2) is 7.48. The zero-order valence-corrected chi connectivity index (χ0v) is 14.2. The average Bonchev–Trinajstić information content (AvgIpc) is 2.92. The Morgan fingerprint density at radius 1 is 1.38 bits per heavy atom. The zero-order chi connectivity index (χ0) is 15.4. The van der Waals surface area contributed by atoms with Crippen LogP contribution in [0.3, 0.4) is 0 Å². The highest BCUT2D eigenvalue weighted by molar-refractivity contribution is 6.31. The van der Waals surface area contributed by atoms with E-state index in [1.807, 2.05) is 6.92 Å². The third-order valence-electron chi connectivity index (χ3n) is 4.44. The molecule has 1 heterocycles. The van der Waals surface area contributed by atoms with Crippen molar-refractivity contribution in [2.24, 2.45) is 5.73 Å². The number of hydrogen-bond acceptors (Lipinski definition) is 3. The van der Waals surface area contributed by atoms with Crippen LogP contribution in [0, 0.1) is 0 Å². The molecule has 21 heavy (non-hydrogen) atoms. The molecule has 1 fully saturated rings. The van der Waals surface area contributed by atoms with Gasteiger partial charge in [0.05, 0.1) is 0 Å². The third-order valence-corrected chi connectivity index (χ3v) is 4.79. The molecule has 3 nitrogen and oxygen atoms in total. The molecule has 2 unspecified atom stereocenters.